The SMILES string of the molecule is O=C(O)c1ccncc1.O=C(O)c1ccncc1.O=C(O)c1ccncc1.O=C(O)c1ccncc1.[Br][Rh][Br]. The third kappa shape index (κ3) is 18.0. The van der Waals surface area contributed by atoms with E-state index in [4.69, 9.17) is 20.4 Å². The number of hydrogen-bond acceptors (Lipinski definition) is 8. The summed E-state index contributed by atoms with van der Waals surface area (Å²) in [4.78, 5) is 55.4. The van der Waals surface area contributed by atoms with Crippen LogP contribution in [-0.2, 0) is 13.2 Å². The van der Waals surface area contributed by atoms with Crippen molar-refractivity contribution >= 4 is 51.1 Å². The molecule has 0 saturated carbocycles. The van der Waals surface area contributed by atoms with Crippen LogP contribution in [0.1, 0.15) is 41.4 Å². The Labute approximate surface area is 243 Å². The van der Waals surface area contributed by atoms with Crippen LogP contribution in [0.3, 0.4) is 0 Å². The molecule has 0 aliphatic rings. The molecule has 0 spiro atoms. The van der Waals surface area contributed by atoms with Crippen LogP contribution in [-0.4, -0.2) is 64.2 Å². The summed E-state index contributed by atoms with van der Waals surface area (Å²) < 4.78 is 0. The fourth-order valence-corrected chi connectivity index (χ4v) is 1.98. The summed E-state index contributed by atoms with van der Waals surface area (Å²) in [5.41, 5.74) is 1.07. The Kier molecular flexibility index (Phi) is 19.9. The molecular weight excluding hydrogens is 735 g/mol. The molecule has 0 atom stereocenters. The Morgan fingerprint density at radius 1 is 0.436 bits per heavy atom. The molecule has 0 fully saturated rings. The summed E-state index contributed by atoms with van der Waals surface area (Å²) in [5.74, 6) is -3.68. The molecule has 0 aromatic carbocycles. The molecule has 0 bridgehead atoms. The van der Waals surface area contributed by atoms with Crippen molar-refractivity contribution in [2.24, 2.45) is 0 Å². The maximum atomic E-state index is 10.2. The van der Waals surface area contributed by atoms with E-state index in [9.17, 15) is 19.2 Å². The van der Waals surface area contributed by atoms with Crippen molar-refractivity contribution < 1.29 is 52.8 Å². The number of rotatable bonds is 4. The topological polar surface area (TPSA) is 201 Å². The Balaban J connectivity index is 0.000000477. The van der Waals surface area contributed by atoms with E-state index < -0.39 is 23.9 Å². The zero-order valence-corrected chi connectivity index (χ0v) is 24.3. The molecule has 0 radical (unpaired) electrons. The summed E-state index contributed by atoms with van der Waals surface area (Å²) in [6.45, 7) is 0. The van der Waals surface area contributed by atoms with Crippen molar-refractivity contribution in [2.45, 2.75) is 0 Å². The second-order valence-electron chi connectivity index (χ2n) is 6.21. The van der Waals surface area contributed by atoms with Gasteiger partial charge in [0, 0.05) is 49.6 Å². The van der Waals surface area contributed by atoms with E-state index in [1.54, 1.807) is 0 Å². The molecule has 4 aromatic heterocycles. The number of pyridine rings is 4. The van der Waals surface area contributed by atoms with Crippen molar-refractivity contribution in [3.05, 3.63) is 120 Å². The van der Waals surface area contributed by atoms with Gasteiger partial charge in [-0.15, -0.1) is 0 Å². The number of aromatic nitrogens is 4. The molecule has 0 saturated heterocycles. The van der Waals surface area contributed by atoms with Crippen LogP contribution in [0, 0.1) is 0 Å². The number of carboxylic acids is 4. The fraction of sp³-hybridized carbons (Fsp3) is 0. The van der Waals surface area contributed by atoms with Gasteiger partial charge in [0.1, 0.15) is 0 Å². The molecular formula is C24H20Br2N4O8Rh. The third-order valence-electron chi connectivity index (χ3n) is 3.71. The predicted octanol–water partition coefficient (Wildman–Crippen LogP) is 4.81. The molecule has 12 nitrogen and oxygen atoms in total. The number of nitrogens with zero attached hydrogens (tertiary/aromatic N) is 4. The molecule has 4 aromatic rings. The van der Waals surface area contributed by atoms with Gasteiger partial charge in [-0.2, -0.15) is 0 Å². The first-order valence-corrected chi connectivity index (χ1v) is 17.5. The molecule has 15 heteroatoms. The first kappa shape index (κ1) is 35.1. The Morgan fingerprint density at radius 3 is 0.641 bits per heavy atom. The average molecular weight is 755 g/mol. The van der Waals surface area contributed by atoms with Crippen molar-refractivity contribution in [2.75, 3.05) is 0 Å². The van der Waals surface area contributed by atoms with Gasteiger partial charge in [-0.25, -0.2) is 19.2 Å². The molecule has 207 valence electrons. The second-order valence-corrected chi connectivity index (χ2v) is 13.8. The number of aromatic carboxylic acids is 4. The van der Waals surface area contributed by atoms with Crippen LogP contribution in [0.2, 0.25) is 0 Å². The molecule has 0 aliphatic carbocycles. The van der Waals surface area contributed by atoms with Gasteiger partial charge in [-0.1, -0.05) is 0 Å². The molecule has 4 N–H and O–H groups in total. The van der Waals surface area contributed by atoms with Gasteiger partial charge >= 0.3 is 64.3 Å². The summed E-state index contributed by atoms with van der Waals surface area (Å²) in [6, 6.07) is 11.6. The van der Waals surface area contributed by atoms with Gasteiger partial charge < -0.3 is 20.4 Å². The normalized spacial score (nSPS) is 8.77. The first-order valence-electron chi connectivity index (χ1n) is 10.0. The van der Waals surface area contributed by atoms with Gasteiger partial charge in [-0.05, 0) is 48.5 Å². The van der Waals surface area contributed by atoms with Crippen LogP contribution in [0.25, 0.3) is 0 Å². The van der Waals surface area contributed by atoms with Crippen molar-refractivity contribution in [1.82, 2.24) is 19.9 Å². The van der Waals surface area contributed by atoms with E-state index >= 15 is 0 Å². The summed E-state index contributed by atoms with van der Waals surface area (Å²) in [6.07, 6.45) is 11.6. The quantitative estimate of drug-likeness (QED) is 0.208. The molecule has 0 aliphatic heterocycles. The minimum atomic E-state index is -0.919. The van der Waals surface area contributed by atoms with Crippen LogP contribution in [0.5, 0.6) is 0 Å². The van der Waals surface area contributed by atoms with Gasteiger partial charge in [-0.3, -0.25) is 19.9 Å². The fourth-order valence-electron chi connectivity index (χ4n) is 1.98. The number of carbonyl (C=O) groups is 4. The molecule has 4 rings (SSSR count). The maximum absolute atomic E-state index is 10.2. The second kappa shape index (κ2) is 22.1. The number of halogens is 2. The number of carboxylic acid groups (broad SMARTS) is 4. The van der Waals surface area contributed by atoms with Gasteiger partial charge in [0.2, 0.25) is 0 Å². The van der Waals surface area contributed by atoms with E-state index in [0.29, 0.717) is 13.2 Å². The first-order chi connectivity index (χ1) is 18.6. The summed E-state index contributed by atoms with van der Waals surface area (Å²) in [5, 5.41) is 33.4. The van der Waals surface area contributed by atoms with Crippen molar-refractivity contribution in [3.8, 4) is 0 Å². The third-order valence-corrected chi connectivity index (χ3v) is 3.71. The van der Waals surface area contributed by atoms with Crippen LogP contribution in [0.4, 0.5) is 0 Å². The van der Waals surface area contributed by atoms with Crippen LogP contribution in [0.15, 0.2) is 98.1 Å². The summed E-state index contributed by atoms with van der Waals surface area (Å²) in [7, 11) is 0. The van der Waals surface area contributed by atoms with Gasteiger partial charge in [0.25, 0.3) is 0 Å². The van der Waals surface area contributed by atoms with Crippen molar-refractivity contribution in [1.29, 1.82) is 0 Å². The van der Waals surface area contributed by atoms with Crippen molar-refractivity contribution in [3.63, 3.8) is 0 Å². The van der Waals surface area contributed by atoms with E-state index in [2.05, 4.69) is 47.2 Å². The standard InChI is InChI=1S/4C6H5NO2.2BrH.Rh/c4*8-6(9)5-1-3-7-4-2-5;;;/h4*1-4H,(H,8,9);2*1H;/q;;;;;;+2/p-2. The average Bonchev–Trinajstić information content (AvgIpc) is 2.96. The van der Waals surface area contributed by atoms with E-state index in [1.165, 1.54) is 98.1 Å². The van der Waals surface area contributed by atoms with E-state index in [0.717, 1.165) is 0 Å². The Bertz CT molecular complexity index is 1060. The minimum absolute atomic E-state index is 0.269. The molecule has 39 heavy (non-hydrogen) atoms. The van der Waals surface area contributed by atoms with E-state index in [-0.39, 0.29) is 22.3 Å². The molecule has 0 amide bonds. The predicted molar refractivity (Wildman–Crippen MR) is 143 cm³/mol. The van der Waals surface area contributed by atoms with Crippen LogP contribution < -0.4 is 0 Å². The molecule has 4 heterocycles. The molecule has 0 unspecified atom stereocenters. The van der Waals surface area contributed by atoms with E-state index in [1.807, 2.05) is 0 Å². The zero-order valence-electron chi connectivity index (χ0n) is 19.5. The number of hydrogen-bond donors (Lipinski definition) is 4. The Morgan fingerprint density at radius 2 is 0.564 bits per heavy atom. The van der Waals surface area contributed by atoms with Gasteiger partial charge in [0.15, 0.2) is 0 Å². The monoisotopic (exact) mass is 753 g/mol. The van der Waals surface area contributed by atoms with Gasteiger partial charge in [0.05, 0.1) is 22.3 Å². The Hall–Kier alpha value is -3.94. The van der Waals surface area contributed by atoms with Crippen LogP contribution >= 0.6 is 27.2 Å². The zero-order chi connectivity index (χ0) is 29.5. The summed E-state index contributed by atoms with van der Waals surface area (Å²) >= 11 is 6.72.